The predicted octanol–water partition coefficient (Wildman–Crippen LogP) is 2.32. The molecule has 0 spiro atoms. The smallest absolute Gasteiger partial charge is 0.144 e. The zero-order valence-corrected chi connectivity index (χ0v) is 9.07. The van der Waals surface area contributed by atoms with Gasteiger partial charge in [0, 0.05) is 24.3 Å². The lowest BCUT2D eigenvalue weighted by atomic mass is 10.2. The van der Waals surface area contributed by atoms with Crippen LogP contribution in [0.2, 0.25) is 0 Å². The third kappa shape index (κ3) is 1.94. The van der Waals surface area contributed by atoms with Gasteiger partial charge in [-0.1, -0.05) is 6.92 Å². The van der Waals surface area contributed by atoms with E-state index in [-0.39, 0.29) is 0 Å². The van der Waals surface area contributed by atoms with Crippen LogP contribution in [-0.2, 0) is 0 Å². The topological polar surface area (TPSA) is 61.6 Å². The Bertz CT molecular complexity index is 542. The van der Waals surface area contributed by atoms with Gasteiger partial charge in [-0.25, -0.2) is 4.98 Å². The monoisotopic (exact) mass is 212 g/mol. The molecule has 0 radical (unpaired) electrons. The van der Waals surface area contributed by atoms with Gasteiger partial charge < -0.3 is 5.32 Å². The highest BCUT2D eigenvalue weighted by Crippen LogP contribution is 2.18. The first-order valence-electron chi connectivity index (χ1n) is 5.24. The molecular weight excluding hydrogens is 200 g/mol. The Hall–Kier alpha value is -2.15. The van der Waals surface area contributed by atoms with Gasteiger partial charge in [0.1, 0.15) is 11.9 Å². The number of anilines is 1. The van der Waals surface area contributed by atoms with E-state index >= 15 is 0 Å². The minimum atomic E-state index is 0.564. The third-order valence-corrected chi connectivity index (χ3v) is 2.28. The van der Waals surface area contributed by atoms with E-state index in [1.54, 1.807) is 12.4 Å². The van der Waals surface area contributed by atoms with Crippen LogP contribution in [0.4, 0.5) is 5.82 Å². The highest BCUT2D eigenvalue weighted by Gasteiger charge is 2.05. The van der Waals surface area contributed by atoms with Gasteiger partial charge in [-0.2, -0.15) is 5.26 Å². The number of hydrogen-bond donors (Lipinski definition) is 1. The molecule has 0 bridgehead atoms. The molecule has 2 aromatic rings. The molecule has 0 saturated heterocycles. The lowest BCUT2D eigenvalue weighted by Crippen LogP contribution is -2.04. The van der Waals surface area contributed by atoms with Crippen molar-refractivity contribution in [1.29, 1.82) is 5.26 Å². The average molecular weight is 212 g/mol. The summed E-state index contributed by atoms with van der Waals surface area (Å²) < 4.78 is 0. The molecule has 4 heteroatoms. The van der Waals surface area contributed by atoms with Crippen LogP contribution in [0.1, 0.15) is 18.9 Å². The number of rotatable bonds is 3. The zero-order chi connectivity index (χ0) is 11.4. The number of hydrogen-bond acceptors (Lipinski definition) is 4. The van der Waals surface area contributed by atoms with E-state index in [4.69, 9.17) is 5.26 Å². The van der Waals surface area contributed by atoms with E-state index in [1.165, 1.54) is 0 Å². The fraction of sp³-hybridized carbons (Fsp3) is 0.250. The second kappa shape index (κ2) is 4.58. The maximum atomic E-state index is 9.03. The van der Waals surface area contributed by atoms with Crippen molar-refractivity contribution >= 4 is 16.7 Å². The van der Waals surface area contributed by atoms with Crippen LogP contribution in [0.3, 0.4) is 0 Å². The van der Waals surface area contributed by atoms with Crippen molar-refractivity contribution in [1.82, 2.24) is 9.97 Å². The van der Waals surface area contributed by atoms with E-state index in [0.29, 0.717) is 11.4 Å². The Morgan fingerprint density at radius 1 is 1.50 bits per heavy atom. The molecule has 16 heavy (non-hydrogen) atoms. The summed E-state index contributed by atoms with van der Waals surface area (Å²) >= 11 is 0. The van der Waals surface area contributed by atoms with Crippen LogP contribution in [-0.4, -0.2) is 16.5 Å². The van der Waals surface area contributed by atoms with Crippen LogP contribution in [0.25, 0.3) is 10.9 Å². The molecular formula is C12H12N4. The van der Waals surface area contributed by atoms with Gasteiger partial charge >= 0.3 is 0 Å². The molecule has 0 aliphatic heterocycles. The summed E-state index contributed by atoms with van der Waals surface area (Å²) in [5, 5.41) is 13.1. The largest absolute Gasteiger partial charge is 0.369 e. The van der Waals surface area contributed by atoms with E-state index in [1.807, 2.05) is 12.1 Å². The summed E-state index contributed by atoms with van der Waals surface area (Å²) in [6.45, 7) is 2.89. The number of nitrogens with zero attached hydrogens (tertiary/aromatic N) is 3. The Kier molecular flexibility index (Phi) is 2.97. The quantitative estimate of drug-likeness (QED) is 0.848. The molecule has 80 valence electrons. The number of fused-ring (bicyclic) bond motifs is 1. The molecule has 0 amide bonds. The lowest BCUT2D eigenvalue weighted by Gasteiger charge is -2.07. The Balaban J connectivity index is 2.50. The molecule has 0 atom stereocenters. The molecule has 2 rings (SSSR count). The summed E-state index contributed by atoms with van der Waals surface area (Å²) in [7, 11) is 0. The number of nitriles is 1. The van der Waals surface area contributed by atoms with Crippen molar-refractivity contribution in [2.24, 2.45) is 0 Å². The van der Waals surface area contributed by atoms with Crippen molar-refractivity contribution in [2.75, 3.05) is 11.9 Å². The van der Waals surface area contributed by atoms with Crippen molar-refractivity contribution < 1.29 is 0 Å². The van der Waals surface area contributed by atoms with Gasteiger partial charge in [0.15, 0.2) is 0 Å². The summed E-state index contributed by atoms with van der Waals surface area (Å²) in [5.74, 6) is 0.656. The van der Waals surface area contributed by atoms with Gasteiger partial charge in [-0.15, -0.1) is 0 Å². The minimum Gasteiger partial charge on any atom is -0.369 e. The number of pyridine rings is 2. The van der Waals surface area contributed by atoms with Crippen LogP contribution in [0, 0.1) is 11.3 Å². The molecule has 0 aliphatic carbocycles. The number of nitrogens with one attached hydrogen (secondary N) is 1. The third-order valence-electron chi connectivity index (χ3n) is 2.28. The molecule has 0 aliphatic rings. The van der Waals surface area contributed by atoms with Crippen LogP contribution in [0.5, 0.6) is 0 Å². The van der Waals surface area contributed by atoms with Crippen molar-refractivity contribution in [3.8, 4) is 6.07 Å². The molecule has 0 saturated carbocycles. The van der Waals surface area contributed by atoms with Gasteiger partial charge in [0.2, 0.25) is 0 Å². The van der Waals surface area contributed by atoms with Crippen molar-refractivity contribution in [3.05, 3.63) is 30.1 Å². The normalized spacial score (nSPS) is 10.0. The van der Waals surface area contributed by atoms with Crippen LogP contribution >= 0.6 is 0 Å². The lowest BCUT2D eigenvalue weighted by molar-refractivity contribution is 0.970. The first kappa shape index (κ1) is 10.4. The summed E-state index contributed by atoms with van der Waals surface area (Å²) in [6, 6.07) is 5.80. The van der Waals surface area contributed by atoms with E-state index in [9.17, 15) is 0 Å². The highest BCUT2D eigenvalue weighted by molar-refractivity contribution is 5.81. The molecule has 0 aromatic carbocycles. The average Bonchev–Trinajstić information content (AvgIpc) is 2.35. The first-order valence-corrected chi connectivity index (χ1v) is 5.24. The Morgan fingerprint density at radius 3 is 3.12 bits per heavy atom. The standard InChI is InChI=1S/C12H12N4/c1-2-4-15-12-9(7-13)6-10-8-14-5-3-11(10)16-12/h3,5-6,8H,2,4H2,1H3,(H,15,16). The minimum absolute atomic E-state index is 0.564. The van der Waals surface area contributed by atoms with Crippen LogP contribution in [0.15, 0.2) is 24.5 Å². The predicted molar refractivity (Wildman–Crippen MR) is 63.0 cm³/mol. The summed E-state index contributed by atoms with van der Waals surface area (Å²) in [4.78, 5) is 8.42. The van der Waals surface area contributed by atoms with Crippen molar-refractivity contribution in [3.63, 3.8) is 0 Å². The highest BCUT2D eigenvalue weighted by atomic mass is 15.0. The van der Waals surface area contributed by atoms with Crippen LogP contribution < -0.4 is 5.32 Å². The number of aromatic nitrogens is 2. The van der Waals surface area contributed by atoms with Crippen molar-refractivity contribution in [2.45, 2.75) is 13.3 Å². The molecule has 0 unspecified atom stereocenters. The second-order valence-corrected chi connectivity index (χ2v) is 3.49. The molecule has 1 N–H and O–H groups in total. The van der Waals surface area contributed by atoms with Gasteiger partial charge in [-0.3, -0.25) is 4.98 Å². The Labute approximate surface area is 94.0 Å². The molecule has 0 fully saturated rings. The maximum Gasteiger partial charge on any atom is 0.144 e. The van der Waals surface area contributed by atoms with Gasteiger partial charge in [-0.05, 0) is 18.6 Å². The van der Waals surface area contributed by atoms with Gasteiger partial charge in [0.05, 0.1) is 11.1 Å². The first-order chi connectivity index (χ1) is 7.85. The van der Waals surface area contributed by atoms with E-state index < -0.39 is 0 Å². The summed E-state index contributed by atoms with van der Waals surface area (Å²) in [5.41, 5.74) is 1.42. The zero-order valence-electron chi connectivity index (χ0n) is 9.07. The summed E-state index contributed by atoms with van der Waals surface area (Å²) in [6.07, 6.45) is 4.42. The van der Waals surface area contributed by atoms with Gasteiger partial charge in [0.25, 0.3) is 0 Å². The Morgan fingerprint density at radius 2 is 2.38 bits per heavy atom. The molecule has 4 nitrogen and oxygen atoms in total. The molecule has 2 aromatic heterocycles. The van der Waals surface area contributed by atoms with E-state index in [0.717, 1.165) is 23.9 Å². The fourth-order valence-corrected chi connectivity index (χ4v) is 1.48. The van der Waals surface area contributed by atoms with E-state index in [2.05, 4.69) is 28.3 Å². The second-order valence-electron chi connectivity index (χ2n) is 3.49. The molecule has 2 heterocycles. The maximum absolute atomic E-state index is 9.03. The SMILES string of the molecule is CCCNc1nc2ccncc2cc1C#N. The fourth-order valence-electron chi connectivity index (χ4n) is 1.48.